The van der Waals surface area contributed by atoms with Gasteiger partial charge in [-0.25, -0.2) is 0 Å². The van der Waals surface area contributed by atoms with Crippen molar-refractivity contribution in [2.75, 3.05) is 19.5 Å². The van der Waals surface area contributed by atoms with E-state index in [2.05, 4.69) is 4.18 Å². The lowest BCUT2D eigenvalue weighted by molar-refractivity contribution is 0.0994. The largest absolute Gasteiger partial charge is 0.493 e. The third-order valence-electron chi connectivity index (χ3n) is 2.88. The van der Waals surface area contributed by atoms with Crippen LogP contribution in [0.15, 0.2) is 18.2 Å². The molecule has 6 heteroatoms. The molecular formula is C13H16O5S. The number of carbonyl (C=O) groups is 1. The maximum atomic E-state index is 11.6. The second-order valence-corrected chi connectivity index (χ2v) is 6.08. The van der Waals surface area contributed by atoms with Crippen molar-refractivity contribution in [2.45, 2.75) is 19.3 Å². The Morgan fingerprint density at radius 2 is 2.00 bits per heavy atom. The van der Waals surface area contributed by atoms with E-state index in [4.69, 9.17) is 4.74 Å². The Kier molecular flexibility index (Phi) is 4.21. The van der Waals surface area contributed by atoms with Crippen LogP contribution in [-0.4, -0.2) is 33.7 Å². The molecule has 0 bridgehead atoms. The Labute approximate surface area is 112 Å². The van der Waals surface area contributed by atoms with Crippen LogP contribution in [0, 0.1) is 0 Å². The zero-order valence-corrected chi connectivity index (χ0v) is 11.5. The minimum atomic E-state index is -3.39. The molecular weight excluding hydrogens is 268 g/mol. The maximum Gasteiger partial charge on any atom is 0.264 e. The minimum absolute atomic E-state index is 0.104. The Bertz CT molecular complexity index is 577. The molecule has 0 radical (unpaired) electrons. The van der Waals surface area contributed by atoms with Crippen molar-refractivity contribution in [1.29, 1.82) is 0 Å². The molecule has 2 rings (SSSR count). The normalized spacial score (nSPS) is 14.5. The summed E-state index contributed by atoms with van der Waals surface area (Å²) in [5.41, 5.74) is 1.70. The molecule has 0 saturated heterocycles. The van der Waals surface area contributed by atoms with Gasteiger partial charge in [0, 0.05) is 24.0 Å². The maximum absolute atomic E-state index is 11.6. The Hall–Kier alpha value is -1.40. The Morgan fingerprint density at radius 3 is 2.74 bits per heavy atom. The zero-order chi connectivity index (χ0) is 13.9. The van der Waals surface area contributed by atoms with Crippen LogP contribution < -0.4 is 4.74 Å². The van der Waals surface area contributed by atoms with E-state index in [1.165, 1.54) is 0 Å². The molecule has 0 saturated carbocycles. The molecule has 1 aromatic carbocycles. The number of ether oxygens (including phenoxy) is 1. The highest BCUT2D eigenvalue weighted by molar-refractivity contribution is 7.85. The number of rotatable bonds is 6. The first-order valence-corrected chi connectivity index (χ1v) is 7.91. The van der Waals surface area contributed by atoms with Gasteiger partial charge in [-0.2, -0.15) is 8.42 Å². The molecule has 1 aromatic rings. The fourth-order valence-corrected chi connectivity index (χ4v) is 2.47. The molecule has 0 amide bonds. The fourth-order valence-electron chi connectivity index (χ4n) is 2.04. The van der Waals surface area contributed by atoms with Crippen molar-refractivity contribution in [3.05, 3.63) is 29.3 Å². The molecule has 0 aromatic heterocycles. The molecule has 104 valence electrons. The second kappa shape index (κ2) is 5.71. The van der Waals surface area contributed by atoms with E-state index in [0.29, 0.717) is 31.6 Å². The first-order chi connectivity index (χ1) is 8.97. The standard InChI is InChI=1S/C13H16O5S/c1-19(15,16)18-9-3-8-17-13-5-2-4-10-11(13)6-7-12(10)14/h2,4-5H,3,6-9H2,1H3. The van der Waals surface area contributed by atoms with Crippen molar-refractivity contribution >= 4 is 15.9 Å². The van der Waals surface area contributed by atoms with Gasteiger partial charge in [0.1, 0.15) is 5.75 Å². The lowest BCUT2D eigenvalue weighted by Crippen LogP contribution is -2.08. The number of fused-ring (bicyclic) bond motifs is 1. The SMILES string of the molecule is CS(=O)(=O)OCCCOc1cccc2c1CCC2=O. The first kappa shape index (κ1) is 14.0. The number of Topliss-reactive ketones (excluding diaryl/α,β-unsaturated/α-hetero) is 1. The molecule has 0 aliphatic heterocycles. The zero-order valence-electron chi connectivity index (χ0n) is 10.7. The van der Waals surface area contributed by atoms with Gasteiger partial charge in [-0.15, -0.1) is 0 Å². The van der Waals surface area contributed by atoms with Crippen LogP contribution in [0.3, 0.4) is 0 Å². The topological polar surface area (TPSA) is 69.7 Å². The van der Waals surface area contributed by atoms with E-state index in [1.807, 2.05) is 12.1 Å². The summed E-state index contributed by atoms with van der Waals surface area (Å²) in [6.45, 7) is 0.465. The molecule has 0 unspecified atom stereocenters. The van der Waals surface area contributed by atoms with E-state index >= 15 is 0 Å². The summed E-state index contributed by atoms with van der Waals surface area (Å²) in [4.78, 5) is 11.6. The van der Waals surface area contributed by atoms with Gasteiger partial charge in [0.2, 0.25) is 0 Å². The van der Waals surface area contributed by atoms with Gasteiger partial charge in [0.05, 0.1) is 19.5 Å². The van der Waals surface area contributed by atoms with Crippen LogP contribution in [0.2, 0.25) is 0 Å². The first-order valence-electron chi connectivity index (χ1n) is 6.09. The van der Waals surface area contributed by atoms with Gasteiger partial charge in [-0.3, -0.25) is 8.98 Å². The predicted molar refractivity (Wildman–Crippen MR) is 70.0 cm³/mol. The number of benzene rings is 1. The number of carbonyl (C=O) groups excluding carboxylic acids is 1. The van der Waals surface area contributed by atoms with Gasteiger partial charge in [-0.05, 0) is 12.5 Å². The summed E-state index contributed by atoms with van der Waals surface area (Å²) in [5, 5.41) is 0. The monoisotopic (exact) mass is 284 g/mol. The summed E-state index contributed by atoms with van der Waals surface area (Å²) in [6, 6.07) is 5.43. The summed E-state index contributed by atoms with van der Waals surface area (Å²) >= 11 is 0. The van der Waals surface area contributed by atoms with Crippen molar-refractivity contribution in [1.82, 2.24) is 0 Å². The summed E-state index contributed by atoms with van der Waals surface area (Å²) in [6.07, 6.45) is 2.74. The molecule has 1 aliphatic carbocycles. The molecule has 0 heterocycles. The third-order valence-corrected chi connectivity index (χ3v) is 3.47. The number of ketones is 1. The van der Waals surface area contributed by atoms with Crippen LogP contribution in [0.25, 0.3) is 0 Å². The molecule has 0 N–H and O–H groups in total. The van der Waals surface area contributed by atoms with Gasteiger partial charge < -0.3 is 4.74 Å². The Balaban J connectivity index is 1.86. The lowest BCUT2D eigenvalue weighted by Gasteiger charge is -2.10. The van der Waals surface area contributed by atoms with Crippen LogP contribution >= 0.6 is 0 Å². The van der Waals surface area contributed by atoms with Crippen molar-refractivity contribution < 1.29 is 22.1 Å². The van der Waals surface area contributed by atoms with Crippen molar-refractivity contribution in [2.24, 2.45) is 0 Å². The van der Waals surface area contributed by atoms with Crippen LogP contribution in [-0.2, 0) is 20.7 Å². The van der Waals surface area contributed by atoms with Gasteiger partial charge in [0.15, 0.2) is 5.78 Å². The average Bonchev–Trinajstić information content (AvgIpc) is 2.70. The number of hydrogen-bond donors (Lipinski definition) is 0. The van der Waals surface area contributed by atoms with E-state index < -0.39 is 10.1 Å². The summed E-state index contributed by atoms with van der Waals surface area (Å²) in [7, 11) is -3.39. The quantitative estimate of drug-likeness (QED) is 0.585. The Morgan fingerprint density at radius 1 is 1.21 bits per heavy atom. The summed E-state index contributed by atoms with van der Waals surface area (Å²) in [5.74, 6) is 0.864. The predicted octanol–water partition coefficient (Wildman–Crippen LogP) is 1.56. The third kappa shape index (κ3) is 3.78. The molecule has 0 atom stereocenters. The van der Waals surface area contributed by atoms with E-state index in [1.54, 1.807) is 6.07 Å². The highest BCUT2D eigenvalue weighted by Gasteiger charge is 2.22. The minimum Gasteiger partial charge on any atom is -0.493 e. The van der Waals surface area contributed by atoms with Crippen LogP contribution in [0.1, 0.15) is 28.8 Å². The van der Waals surface area contributed by atoms with Gasteiger partial charge >= 0.3 is 0 Å². The van der Waals surface area contributed by atoms with Gasteiger partial charge in [-0.1, -0.05) is 12.1 Å². The highest BCUT2D eigenvalue weighted by Crippen LogP contribution is 2.30. The van der Waals surface area contributed by atoms with Crippen molar-refractivity contribution in [3.8, 4) is 5.75 Å². The van der Waals surface area contributed by atoms with Gasteiger partial charge in [0.25, 0.3) is 10.1 Å². The molecule has 0 fully saturated rings. The summed E-state index contributed by atoms with van der Waals surface area (Å²) < 4.78 is 31.7. The molecule has 19 heavy (non-hydrogen) atoms. The average molecular weight is 284 g/mol. The smallest absolute Gasteiger partial charge is 0.264 e. The fraction of sp³-hybridized carbons (Fsp3) is 0.462. The van der Waals surface area contributed by atoms with E-state index in [0.717, 1.165) is 17.4 Å². The highest BCUT2D eigenvalue weighted by atomic mass is 32.2. The van der Waals surface area contributed by atoms with Crippen LogP contribution in [0.4, 0.5) is 0 Å². The molecule has 5 nitrogen and oxygen atoms in total. The van der Waals surface area contributed by atoms with Crippen molar-refractivity contribution in [3.63, 3.8) is 0 Å². The number of hydrogen-bond acceptors (Lipinski definition) is 5. The van der Waals surface area contributed by atoms with Crippen LogP contribution in [0.5, 0.6) is 5.75 Å². The lowest BCUT2D eigenvalue weighted by atomic mass is 10.1. The molecule has 0 spiro atoms. The molecule has 1 aliphatic rings. The van der Waals surface area contributed by atoms with E-state index in [9.17, 15) is 13.2 Å². The second-order valence-electron chi connectivity index (χ2n) is 4.43. The van der Waals surface area contributed by atoms with E-state index in [-0.39, 0.29) is 12.4 Å².